The first-order valence-corrected chi connectivity index (χ1v) is 11.9. The molecule has 0 unspecified atom stereocenters. The Morgan fingerprint density at radius 1 is 1.03 bits per heavy atom. The fourth-order valence-electron chi connectivity index (χ4n) is 4.48. The van der Waals surface area contributed by atoms with Crippen LogP contribution >= 0.6 is 0 Å². The molecular weight excluding hydrogens is 408 g/mol. The maximum absolute atomic E-state index is 13.4. The molecule has 168 valence electrons. The van der Waals surface area contributed by atoms with Crippen molar-refractivity contribution in [3.63, 3.8) is 0 Å². The molecule has 2 fully saturated rings. The highest BCUT2D eigenvalue weighted by molar-refractivity contribution is 7.86. The summed E-state index contributed by atoms with van der Waals surface area (Å²) in [5.74, 6) is -1.38. The number of amides is 3. The third-order valence-electron chi connectivity index (χ3n) is 6.17. The van der Waals surface area contributed by atoms with E-state index >= 15 is 0 Å². The molecule has 3 aliphatic rings. The van der Waals surface area contributed by atoms with Gasteiger partial charge in [-0.3, -0.25) is 19.3 Å². The highest BCUT2D eigenvalue weighted by atomic mass is 32.2. The molecule has 0 aromatic carbocycles. The van der Waals surface area contributed by atoms with Gasteiger partial charge in [-0.05, 0) is 25.2 Å². The Morgan fingerprint density at radius 2 is 1.53 bits per heavy atom. The topological polar surface area (TPSA) is 98.3 Å². The molecule has 2 saturated heterocycles. The zero-order valence-electron chi connectivity index (χ0n) is 18.2. The van der Waals surface area contributed by atoms with Gasteiger partial charge >= 0.3 is 0 Å². The summed E-state index contributed by atoms with van der Waals surface area (Å²) in [6, 6.07) is -0.826. The number of hydrogen-bond acceptors (Lipinski definition) is 5. The zero-order chi connectivity index (χ0) is 22.2. The van der Waals surface area contributed by atoms with Gasteiger partial charge in [0, 0.05) is 40.3 Å². The third kappa shape index (κ3) is 4.17. The predicted octanol–water partition coefficient (Wildman–Crippen LogP) is 0.303. The first-order chi connectivity index (χ1) is 14.1. The van der Waals surface area contributed by atoms with Crippen LogP contribution in [0.1, 0.15) is 33.1 Å². The monoisotopic (exact) mass is 440 g/mol. The molecule has 30 heavy (non-hydrogen) atoms. The number of likely N-dealkylation sites (tertiary alicyclic amines) is 1. The van der Waals surface area contributed by atoms with Crippen molar-refractivity contribution in [1.82, 2.24) is 18.4 Å². The summed E-state index contributed by atoms with van der Waals surface area (Å²) in [5.41, 5.74) is 0. The summed E-state index contributed by atoms with van der Waals surface area (Å²) in [7, 11) is -0.580. The SMILES string of the molecule is CC(C)C[C@H](C(=O)N1CCN(S(=O)(=O)N(C)C)CC1)N1C(=O)[C@H]2CC=CC[C@H]2C1=O. The summed E-state index contributed by atoms with van der Waals surface area (Å²) in [5, 5.41) is 0. The van der Waals surface area contributed by atoms with Gasteiger partial charge in [0.1, 0.15) is 6.04 Å². The van der Waals surface area contributed by atoms with Gasteiger partial charge in [-0.1, -0.05) is 26.0 Å². The third-order valence-corrected chi connectivity index (χ3v) is 8.11. The number of carbonyl (C=O) groups excluding carboxylic acids is 3. The van der Waals surface area contributed by atoms with Crippen LogP contribution in [0, 0.1) is 17.8 Å². The molecule has 3 atom stereocenters. The van der Waals surface area contributed by atoms with Gasteiger partial charge in [0.2, 0.25) is 17.7 Å². The van der Waals surface area contributed by atoms with Crippen LogP contribution in [0.4, 0.5) is 0 Å². The van der Waals surface area contributed by atoms with E-state index in [2.05, 4.69) is 0 Å². The van der Waals surface area contributed by atoms with E-state index in [1.54, 1.807) is 4.90 Å². The number of nitrogens with zero attached hydrogens (tertiary/aromatic N) is 4. The molecule has 0 radical (unpaired) electrons. The number of piperazine rings is 1. The molecule has 0 bridgehead atoms. The van der Waals surface area contributed by atoms with Crippen LogP contribution in [0.2, 0.25) is 0 Å². The Labute approximate surface area is 178 Å². The lowest BCUT2D eigenvalue weighted by molar-refractivity contribution is -0.152. The Morgan fingerprint density at radius 3 is 1.97 bits per heavy atom. The Balaban J connectivity index is 1.76. The minimum Gasteiger partial charge on any atom is -0.338 e. The van der Waals surface area contributed by atoms with Crippen molar-refractivity contribution >= 4 is 27.9 Å². The highest BCUT2D eigenvalue weighted by Crippen LogP contribution is 2.37. The molecule has 2 heterocycles. The molecule has 3 amide bonds. The van der Waals surface area contributed by atoms with Crippen LogP contribution in [0.25, 0.3) is 0 Å². The molecule has 1 aliphatic carbocycles. The molecule has 0 N–H and O–H groups in total. The summed E-state index contributed by atoms with van der Waals surface area (Å²) in [6.45, 7) is 4.79. The average Bonchev–Trinajstić information content (AvgIpc) is 2.96. The van der Waals surface area contributed by atoms with E-state index in [9.17, 15) is 22.8 Å². The van der Waals surface area contributed by atoms with Crippen LogP contribution in [0.15, 0.2) is 12.2 Å². The second kappa shape index (κ2) is 8.76. The summed E-state index contributed by atoms with van der Waals surface area (Å²) in [4.78, 5) is 42.3. The molecular formula is C20H32N4O5S. The van der Waals surface area contributed by atoms with Crippen LogP contribution in [0.5, 0.6) is 0 Å². The second-order valence-corrected chi connectivity index (χ2v) is 11.0. The first-order valence-electron chi connectivity index (χ1n) is 10.5. The van der Waals surface area contributed by atoms with E-state index in [1.165, 1.54) is 23.3 Å². The van der Waals surface area contributed by atoms with E-state index in [0.717, 1.165) is 4.31 Å². The van der Waals surface area contributed by atoms with Crippen molar-refractivity contribution in [1.29, 1.82) is 0 Å². The zero-order valence-corrected chi connectivity index (χ0v) is 19.0. The van der Waals surface area contributed by atoms with Crippen molar-refractivity contribution in [2.75, 3.05) is 40.3 Å². The molecule has 10 heteroatoms. The van der Waals surface area contributed by atoms with Gasteiger partial charge in [-0.15, -0.1) is 0 Å². The van der Waals surface area contributed by atoms with Crippen LogP contribution in [-0.4, -0.2) is 90.9 Å². The van der Waals surface area contributed by atoms with E-state index in [4.69, 9.17) is 0 Å². The Kier molecular flexibility index (Phi) is 6.69. The van der Waals surface area contributed by atoms with Crippen molar-refractivity contribution in [3.8, 4) is 0 Å². The van der Waals surface area contributed by atoms with Gasteiger partial charge in [0.15, 0.2) is 0 Å². The minimum atomic E-state index is -3.53. The van der Waals surface area contributed by atoms with Gasteiger partial charge in [-0.25, -0.2) is 0 Å². The standard InChI is InChI=1S/C20H32N4O5S/c1-14(2)13-17(24-18(25)15-7-5-6-8-16(15)19(24)26)20(27)22-9-11-23(12-10-22)30(28,29)21(3)4/h5-6,14-17H,7-13H2,1-4H3/t15-,16+,17-/m1/s1. The van der Waals surface area contributed by atoms with Crippen molar-refractivity contribution in [2.45, 2.75) is 39.2 Å². The normalized spacial score (nSPS) is 26.6. The van der Waals surface area contributed by atoms with E-state index < -0.39 is 16.3 Å². The summed E-state index contributed by atoms with van der Waals surface area (Å²) >= 11 is 0. The van der Waals surface area contributed by atoms with Crippen molar-refractivity contribution in [2.24, 2.45) is 17.8 Å². The number of carbonyl (C=O) groups is 3. The quantitative estimate of drug-likeness (QED) is 0.437. The van der Waals surface area contributed by atoms with E-state index in [1.807, 2.05) is 26.0 Å². The Bertz CT molecular complexity index is 804. The van der Waals surface area contributed by atoms with Gasteiger partial charge in [-0.2, -0.15) is 17.0 Å². The lowest BCUT2D eigenvalue weighted by Crippen LogP contribution is -2.58. The predicted molar refractivity (Wildman–Crippen MR) is 111 cm³/mol. The number of allylic oxidation sites excluding steroid dienone is 2. The Hall–Kier alpha value is -1.78. The van der Waals surface area contributed by atoms with Gasteiger partial charge < -0.3 is 4.90 Å². The molecule has 2 aliphatic heterocycles. The highest BCUT2D eigenvalue weighted by Gasteiger charge is 2.51. The molecule has 3 rings (SSSR count). The number of hydrogen-bond donors (Lipinski definition) is 0. The van der Waals surface area contributed by atoms with Crippen LogP contribution < -0.4 is 0 Å². The van der Waals surface area contributed by atoms with Gasteiger partial charge in [0.25, 0.3) is 10.2 Å². The fraction of sp³-hybridized carbons (Fsp3) is 0.750. The lowest BCUT2D eigenvalue weighted by atomic mass is 9.85. The molecule has 0 spiro atoms. The maximum atomic E-state index is 13.4. The number of rotatable bonds is 6. The lowest BCUT2D eigenvalue weighted by Gasteiger charge is -2.38. The molecule has 9 nitrogen and oxygen atoms in total. The fourth-order valence-corrected chi connectivity index (χ4v) is 5.56. The van der Waals surface area contributed by atoms with Crippen molar-refractivity contribution < 1.29 is 22.8 Å². The van der Waals surface area contributed by atoms with Gasteiger partial charge in [0.05, 0.1) is 11.8 Å². The molecule has 0 aromatic heterocycles. The van der Waals surface area contributed by atoms with Crippen LogP contribution in [0.3, 0.4) is 0 Å². The van der Waals surface area contributed by atoms with Crippen molar-refractivity contribution in [3.05, 3.63) is 12.2 Å². The minimum absolute atomic E-state index is 0.121. The summed E-state index contributed by atoms with van der Waals surface area (Å²) < 4.78 is 27.2. The van der Waals surface area contributed by atoms with Crippen LogP contribution in [-0.2, 0) is 24.6 Å². The average molecular weight is 441 g/mol. The smallest absolute Gasteiger partial charge is 0.281 e. The second-order valence-electron chi connectivity index (χ2n) is 8.86. The van der Waals surface area contributed by atoms with E-state index in [-0.39, 0.29) is 61.7 Å². The number of fused-ring (bicyclic) bond motifs is 1. The molecule has 0 aromatic rings. The number of imide groups is 1. The largest absolute Gasteiger partial charge is 0.338 e. The maximum Gasteiger partial charge on any atom is 0.281 e. The van der Waals surface area contributed by atoms with E-state index in [0.29, 0.717) is 19.3 Å². The first kappa shape index (κ1) is 22.9. The summed E-state index contributed by atoms with van der Waals surface area (Å²) in [6.07, 6.45) is 5.34. The molecule has 0 saturated carbocycles.